The van der Waals surface area contributed by atoms with Crippen molar-refractivity contribution < 1.29 is 5.11 Å². The number of aromatic nitrogens is 2. The monoisotopic (exact) mass is 275 g/mol. The largest absolute Gasteiger partial charge is 0.494 e. The maximum absolute atomic E-state index is 11.9. The fourth-order valence-corrected chi connectivity index (χ4v) is 1.93. The van der Waals surface area contributed by atoms with Crippen LogP contribution in [0.4, 0.5) is 0 Å². The number of nitrogens with one attached hydrogen (secondary N) is 1. The summed E-state index contributed by atoms with van der Waals surface area (Å²) in [6.07, 6.45) is 0. The van der Waals surface area contributed by atoms with Gasteiger partial charge in [-0.3, -0.25) is 14.3 Å². The normalized spacial score (nSPS) is 10.9. The molecule has 0 atom stereocenters. The fraction of sp³-hybridized carbons (Fsp3) is 0.286. The van der Waals surface area contributed by atoms with Gasteiger partial charge < -0.3 is 10.0 Å². The highest BCUT2D eigenvalue weighted by atomic mass is 16.3. The average Bonchev–Trinajstić information content (AvgIpc) is 2.38. The summed E-state index contributed by atoms with van der Waals surface area (Å²) in [5.74, 6) is -0.299. The van der Waals surface area contributed by atoms with E-state index in [-0.39, 0.29) is 11.4 Å². The molecule has 0 saturated heterocycles. The van der Waals surface area contributed by atoms with Crippen LogP contribution in [0.2, 0.25) is 0 Å². The molecule has 1 aromatic carbocycles. The average molecular weight is 275 g/mol. The molecule has 0 spiro atoms. The molecule has 0 aliphatic carbocycles. The van der Waals surface area contributed by atoms with Crippen molar-refractivity contribution in [3.05, 3.63) is 51.2 Å². The molecule has 0 amide bonds. The molecule has 0 aliphatic heterocycles. The molecule has 2 N–H and O–H groups in total. The molecule has 1 aromatic heterocycles. The second-order valence-corrected chi connectivity index (χ2v) is 4.78. The van der Waals surface area contributed by atoms with Gasteiger partial charge in [-0.25, -0.2) is 4.79 Å². The van der Waals surface area contributed by atoms with E-state index in [0.717, 1.165) is 0 Å². The number of H-pyrrole nitrogens is 1. The third-order valence-corrected chi connectivity index (χ3v) is 3.01. The minimum Gasteiger partial charge on any atom is -0.494 e. The zero-order valence-electron chi connectivity index (χ0n) is 11.5. The first kappa shape index (κ1) is 14.1. The van der Waals surface area contributed by atoms with E-state index < -0.39 is 11.2 Å². The molecule has 106 valence electrons. The third-order valence-electron chi connectivity index (χ3n) is 3.01. The number of likely N-dealkylation sites (N-methyl/N-ethyl adjacent to an activating group) is 1. The molecule has 2 aromatic rings. The van der Waals surface area contributed by atoms with Crippen molar-refractivity contribution in [1.29, 1.82) is 0 Å². The number of rotatable bonds is 4. The molecule has 20 heavy (non-hydrogen) atoms. The lowest BCUT2D eigenvalue weighted by Crippen LogP contribution is -2.33. The smallest absolute Gasteiger partial charge is 0.331 e. The first-order valence-corrected chi connectivity index (χ1v) is 6.27. The van der Waals surface area contributed by atoms with E-state index in [2.05, 4.69) is 4.98 Å². The lowest BCUT2D eigenvalue weighted by atomic mass is 10.1. The van der Waals surface area contributed by atoms with Gasteiger partial charge in [-0.15, -0.1) is 0 Å². The van der Waals surface area contributed by atoms with Crippen LogP contribution in [-0.2, 0) is 6.54 Å². The lowest BCUT2D eigenvalue weighted by molar-refractivity contribution is 0.347. The fourth-order valence-electron chi connectivity index (χ4n) is 1.93. The Morgan fingerprint density at radius 3 is 2.45 bits per heavy atom. The molecule has 2 rings (SSSR count). The second kappa shape index (κ2) is 5.75. The van der Waals surface area contributed by atoms with Gasteiger partial charge in [0.05, 0.1) is 0 Å². The minimum atomic E-state index is -0.603. The molecule has 1 heterocycles. The van der Waals surface area contributed by atoms with Crippen LogP contribution in [0.1, 0.15) is 0 Å². The van der Waals surface area contributed by atoms with Gasteiger partial charge in [-0.1, -0.05) is 30.3 Å². The predicted octanol–water partition coefficient (Wildman–Crippen LogP) is 0.471. The van der Waals surface area contributed by atoms with Gasteiger partial charge in [0.15, 0.2) is 0 Å². The highest BCUT2D eigenvalue weighted by molar-refractivity contribution is 5.67. The highest BCUT2D eigenvalue weighted by Crippen LogP contribution is 2.23. The Morgan fingerprint density at radius 1 is 1.20 bits per heavy atom. The van der Waals surface area contributed by atoms with E-state index in [9.17, 15) is 14.7 Å². The van der Waals surface area contributed by atoms with Crippen molar-refractivity contribution in [3.63, 3.8) is 0 Å². The van der Waals surface area contributed by atoms with E-state index in [1.165, 1.54) is 4.57 Å². The maximum Gasteiger partial charge on any atom is 0.331 e. The summed E-state index contributed by atoms with van der Waals surface area (Å²) in [7, 11) is 3.73. The van der Waals surface area contributed by atoms with Crippen LogP contribution in [0.3, 0.4) is 0 Å². The van der Waals surface area contributed by atoms with Gasteiger partial charge in [0.25, 0.3) is 5.56 Å². The Hall–Kier alpha value is -2.34. The SMILES string of the molecule is CN(C)CCn1c(O)c(-c2ccccc2)c(=O)[nH]c1=O. The topological polar surface area (TPSA) is 78.3 Å². The van der Waals surface area contributed by atoms with Crippen molar-refractivity contribution in [2.24, 2.45) is 0 Å². The second-order valence-electron chi connectivity index (χ2n) is 4.78. The van der Waals surface area contributed by atoms with Crippen LogP contribution in [0, 0.1) is 0 Å². The molecule has 6 nitrogen and oxygen atoms in total. The van der Waals surface area contributed by atoms with Crippen molar-refractivity contribution in [1.82, 2.24) is 14.5 Å². The summed E-state index contributed by atoms with van der Waals surface area (Å²) in [5.41, 5.74) is -0.498. The zero-order valence-corrected chi connectivity index (χ0v) is 11.5. The van der Waals surface area contributed by atoms with Gasteiger partial charge in [0.1, 0.15) is 5.56 Å². The van der Waals surface area contributed by atoms with Crippen LogP contribution in [0.25, 0.3) is 11.1 Å². The quantitative estimate of drug-likeness (QED) is 0.850. The standard InChI is InChI=1S/C14H17N3O3/c1-16(2)8-9-17-13(19)11(12(18)15-14(17)20)10-6-4-3-5-7-10/h3-7,19H,8-9H2,1-2H3,(H,15,18,20). The van der Waals surface area contributed by atoms with E-state index in [0.29, 0.717) is 18.7 Å². The summed E-state index contributed by atoms with van der Waals surface area (Å²) in [5, 5.41) is 10.2. The van der Waals surface area contributed by atoms with Crippen LogP contribution in [0.15, 0.2) is 39.9 Å². The molecule has 0 fully saturated rings. The van der Waals surface area contributed by atoms with Gasteiger partial charge >= 0.3 is 5.69 Å². The predicted molar refractivity (Wildman–Crippen MR) is 77.0 cm³/mol. The summed E-state index contributed by atoms with van der Waals surface area (Å²) < 4.78 is 1.17. The summed E-state index contributed by atoms with van der Waals surface area (Å²) in [6, 6.07) is 8.78. The Kier molecular flexibility index (Phi) is 4.05. The van der Waals surface area contributed by atoms with E-state index in [1.54, 1.807) is 24.3 Å². The minimum absolute atomic E-state index is 0.115. The number of benzene rings is 1. The number of aromatic amines is 1. The Bertz CT molecular complexity index is 702. The van der Waals surface area contributed by atoms with Crippen LogP contribution in [0.5, 0.6) is 5.88 Å². The van der Waals surface area contributed by atoms with Crippen LogP contribution in [-0.4, -0.2) is 40.2 Å². The molecule has 0 unspecified atom stereocenters. The van der Waals surface area contributed by atoms with Crippen molar-refractivity contribution >= 4 is 0 Å². The molecular formula is C14H17N3O3. The van der Waals surface area contributed by atoms with Gasteiger partial charge in [0.2, 0.25) is 5.88 Å². The van der Waals surface area contributed by atoms with E-state index in [4.69, 9.17) is 0 Å². The van der Waals surface area contributed by atoms with E-state index in [1.807, 2.05) is 25.1 Å². The maximum atomic E-state index is 11.9. The Labute approximate surface area is 115 Å². The van der Waals surface area contributed by atoms with Gasteiger partial charge in [-0.2, -0.15) is 0 Å². The molecule has 0 aliphatic rings. The first-order chi connectivity index (χ1) is 9.50. The van der Waals surface area contributed by atoms with Crippen molar-refractivity contribution in [2.45, 2.75) is 6.54 Å². The summed E-state index contributed by atoms with van der Waals surface area (Å²) >= 11 is 0. The zero-order chi connectivity index (χ0) is 14.7. The van der Waals surface area contributed by atoms with Gasteiger partial charge in [0, 0.05) is 13.1 Å². The van der Waals surface area contributed by atoms with Crippen molar-refractivity contribution in [3.8, 4) is 17.0 Å². The Balaban J connectivity index is 2.56. The molecule has 0 radical (unpaired) electrons. The molecule has 6 heteroatoms. The van der Waals surface area contributed by atoms with Gasteiger partial charge in [-0.05, 0) is 19.7 Å². The summed E-state index contributed by atoms with van der Waals surface area (Å²) in [6.45, 7) is 0.877. The Morgan fingerprint density at radius 2 is 1.85 bits per heavy atom. The summed E-state index contributed by atoms with van der Waals surface area (Å²) in [4.78, 5) is 27.8. The third kappa shape index (κ3) is 2.80. The highest BCUT2D eigenvalue weighted by Gasteiger charge is 2.15. The molecular weight excluding hydrogens is 258 g/mol. The van der Waals surface area contributed by atoms with Crippen LogP contribution >= 0.6 is 0 Å². The number of hydrogen-bond acceptors (Lipinski definition) is 4. The van der Waals surface area contributed by atoms with E-state index >= 15 is 0 Å². The van der Waals surface area contributed by atoms with Crippen molar-refractivity contribution in [2.75, 3.05) is 20.6 Å². The number of hydrogen-bond donors (Lipinski definition) is 2. The number of aromatic hydroxyl groups is 1. The number of nitrogens with zero attached hydrogens (tertiary/aromatic N) is 2. The molecule has 0 bridgehead atoms. The molecule has 0 saturated carbocycles. The lowest BCUT2D eigenvalue weighted by Gasteiger charge is -2.14. The first-order valence-electron chi connectivity index (χ1n) is 6.27. The van der Waals surface area contributed by atoms with Crippen LogP contribution < -0.4 is 11.2 Å².